The van der Waals surface area contributed by atoms with E-state index in [0.717, 1.165) is 0 Å². The normalized spacial score (nSPS) is 9.62. The number of aromatic nitrogens is 1. The highest BCUT2D eigenvalue weighted by Gasteiger charge is 2.16. The number of methoxy groups -OCH3 is 1. The molecule has 114 valence electrons. The van der Waals surface area contributed by atoms with E-state index in [1.807, 2.05) is 0 Å². The number of pyridine rings is 1. The van der Waals surface area contributed by atoms with Gasteiger partial charge in [-0.15, -0.1) is 0 Å². The van der Waals surface area contributed by atoms with Crippen LogP contribution in [0.1, 0.15) is 17.3 Å². The fraction of sp³-hybridized carbons (Fsp3) is 0.385. The first-order valence-electron chi connectivity index (χ1n) is 6.17. The zero-order chi connectivity index (χ0) is 15.7. The zero-order valence-electron chi connectivity index (χ0n) is 11.8. The average molecular weight is 296 g/mol. The molecular formula is C13H16N2O6. The molecule has 1 N–H and O–H groups in total. The highest BCUT2D eigenvalue weighted by atomic mass is 16.5. The standard InChI is InChI=1S/C13H16N2O6/c1-3-20-12-9(5-4-6-14-12)13(18)21-8-10(16)15-7-11(17)19-2/h4-6H,3,7-8H2,1-2H3,(H,15,16). The number of hydrogen-bond acceptors (Lipinski definition) is 7. The predicted octanol–water partition coefficient (Wildman–Crippen LogP) is -0.0737. The second kappa shape index (κ2) is 8.51. The fourth-order valence-corrected chi connectivity index (χ4v) is 1.30. The Balaban J connectivity index is 2.50. The van der Waals surface area contributed by atoms with Crippen molar-refractivity contribution in [3.8, 4) is 5.88 Å². The minimum absolute atomic E-state index is 0.125. The van der Waals surface area contributed by atoms with Gasteiger partial charge in [0.2, 0.25) is 5.88 Å². The van der Waals surface area contributed by atoms with Crippen LogP contribution in [0.25, 0.3) is 0 Å². The molecule has 0 atom stereocenters. The lowest BCUT2D eigenvalue weighted by Crippen LogP contribution is -2.33. The maximum atomic E-state index is 11.8. The van der Waals surface area contributed by atoms with Gasteiger partial charge >= 0.3 is 11.9 Å². The van der Waals surface area contributed by atoms with Crippen molar-refractivity contribution < 1.29 is 28.6 Å². The van der Waals surface area contributed by atoms with Crippen LogP contribution in [-0.4, -0.2) is 49.7 Å². The van der Waals surface area contributed by atoms with E-state index in [0.29, 0.717) is 6.61 Å². The maximum absolute atomic E-state index is 11.8. The molecule has 0 radical (unpaired) electrons. The average Bonchev–Trinajstić information content (AvgIpc) is 2.51. The monoisotopic (exact) mass is 296 g/mol. The Hall–Kier alpha value is -2.64. The van der Waals surface area contributed by atoms with E-state index in [1.54, 1.807) is 13.0 Å². The van der Waals surface area contributed by atoms with Gasteiger partial charge in [0.15, 0.2) is 6.61 Å². The summed E-state index contributed by atoms with van der Waals surface area (Å²) < 4.78 is 14.4. The molecule has 0 spiro atoms. The molecule has 0 aliphatic carbocycles. The quantitative estimate of drug-likeness (QED) is 0.702. The number of carbonyl (C=O) groups excluding carboxylic acids is 3. The number of carbonyl (C=O) groups is 3. The first-order valence-corrected chi connectivity index (χ1v) is 6.17. The van der Waals surface area contributed by atoms with Crippen molar-refractivity contribution in [3.05, 3.63) is 23.9 Å². The van der Waals surface area contributed by atoms with E-state index in [9.17, 15) is 14.4 Å². The molecule has 0 bridgehead atoms. The largest absolute Gasteiger partial charge is 0.477 e. The van der Waals surface area contributed by atoms with Gasteiger partial charge in [-0.25, -0.2) is 9.78 Å². The second-order valence-corrected chi connectivity index (χ2v) is 3.72. The molecule has 0 aromatic carbocycles. The SMILES string of the molecule is CCOc1ncccc1C(=O)OCC(=O)NCC(=O)OC. The topological polar surface area (TPSA) is 104 Å². The number of nitrogens with one attached hydrogen (secondary N) is 1. The van der Waals surface area contributed by atoms with Crippen LogP contribution < -0.4 is 10.1 Å². The number of amides is 1. The molecule has 8 heteroatoms. The van der Waals surface area contributed by atoms with Gasteiger partial charge in [0.25, 0.3) is 5.91 Å². The van der Waals surface area contributed by atoms with Crippen molar-refractivity contribution in [1.29, 1.82) is 0 Å². The molecule has 0 saturated heterocycles. The number of ether oxygens (including phenoxy) is 3. The lowest BCUT2D eigenvalue weighted by Gasteiger charge is -2.08. The molecule has 1 heterocycles. The number of rotatable bonds is 7. The summed E-state index contributed by atoms with van der Waals surface area (Å²) in [6.45, 7) is 1.29. The summed E-state index contributed by atoms with van der Waals surface area (Å²) in [6.07, 6.45) is 1.48. The van der Waals surface area contributed by atoms with Crippen molar-refractivity contribution in [2.24, 2.45) is 0 Å². The summed E-state index contributed by atoms with van der Waals surface area (Å²) in [5.41, 5.74) is 0.125. The van der Waals surface area contributed by atoms with Crippen LogP contribution in [0.4, 0.5) is 0 Å². The molecule has 1 aromatic heterocycles. The molecule has 21 heavy (non-hydrogen) atoms. The molecule has 1 amide bonds. The van der Waals surface area contributed by atoms with Crippen LogP contribution in [0, 0.1) is 0 Å². The molecule has 0 aliphatic rings. The van der Waals surface area contributed by atoms with Crippen LogP contribution in [0.5, 0.6) is 5.88 Å². The third-order valence-electron chi connectivity index (χ3n) is 2.26. The number of nitrogens with zero attached hydrogens (tertiary/aromatic N) is 1. The Morgan fingerprint density at radius 3 is 2.76 bits per heavy atom. The summed E-state index contributed by atoms with van der Waals surface area (Å²) in [5, 5.41) is 2.24. The van der Waals surface area contributed by atoms with E-state index in [1.165, 1.54) is 19.4 Å². The molecule has 0 saturated carbocycles. The van der Waals surface area contributed by atoms with E-state index in [-0.39, 0.29) is 18.0 Å². The Morgan fingerprint density at radius 2 is 2.10 bits per heavy atom. The Labute approximate surface area is 121 Å². The van der Waals surface area contributed by atoms with Crippen LogP contribution in [0.3, 0.4) is 0 Å². The van der Waals surface area contributed by atoms with Crippen LogP contribution in [-0.2, 0) is 19.1 Å². The van der Waals surface area contributed by atoms with Gasteiger partial charge in [-0.3, -0.25) is 9.59 Å². The van der Waals surface area contributed by atoms with Gasteiger partial charge in [-0.1, -0.05) is 0 Å². The zero-order valence-corrected chi connectivity index (χ0v) is 11.8. The minimum atomic E-state index is -0.736. The van der Waals surface area contributed by atoms with E-state index >= 15 is 0 Å². The van der Waals surface area contributed by atoms with Crippen molar-refractivity contribution in [1.82, 2.24) is 10.3 Å². The first-order chi connectivity index (χ1) is 10.1. The smallest absolute Gasteiger partial charge is 0.344 e. The second-order valence-electron chi connectivity index (χ2n) is 3.72. The fourth-order valence-electron chi connectivity index (χ4n) is 1.30. The molecule has 0 unspecified atom stereocenters. The molecule has 0 fully saturated rings. The van der Waals surface area contributed by atoms with E-state index in [2.05, 4.69) is 15.0 Å². The van der Waals surface area contributed by atoms with Crippen molar-refractivity contribution in [3.63, 3.8) is 0 Å². The van der Waals surface area contributed by atoms with E-state index < -0.39 is 24.5 Å². The Kier molecular flexibility index (Phi) is 6.66. The lowest BCUT2D eigenvalue weighted by molar-refractivity contribution is -0.141. The first kappa shape index (κ1) is 16.4. The number of esters is 2. The van der Waals surface area contributed by atoms with Crippen LogP contribution in [0.2, 0.25) is 0 Å². The van der Waals surface area contributed by atoms with Gasteiger partial charge in [0.05, 0.1) is 13.7 Å². The predicted molar refractivity (Wildman–Crippen MR) is 70.7 cm³/mol. The van der Waals surface area contributed by atoms with Crippen LogP contribution >= 0.6 is 0 Å². The van der Waals surface area contributed by atoms with Gasteiger partial charge in [-0.2, -0.15) is 0 Å². The minimum Gasteiger partial charge on any atom is -0.477 e. The van der Waals surface area contributed by atoms with Gasteiger partial charge < -0.3 is 19.5 Å². The third-order valence-corrected chi connectivity index (χ3v) is 2.26. The lowest BCUT2D eigenvalue weighted by atomic mass is 10.3. The molecular weight excluding hydrogens is 280 g/mol. The summed E-state index contributed by atoms with van der Waals surface area (Å²) >= 11 is 0. The highest BCUT2D eigenvalue weighted by molar-refractivity contribution is 5.93. The van der Waals surface area contributed by atoms with Crippen molar-refractivity contribution in [2.75, 3.05) is 26.9 Å². The Morgan fingerprint density at radius 1 is 1.33 bits per heavy atom. The van der Waals surface area contributed by atoms with Crippen LogP contribution in [0.15, 0.2) is 18.3 Å². The molecule has 1 rings (SSSR count). The summed E-state index contributed by atoms with van der Waals surface area (Å²) in [7, 11) is 1.20. The molecule has 1 aromatic rings. The van der Waals surface area contributed by atoms with Crippen molar-refractivity contribution >= 4 is 17.8 Å². The van der Waals surface area contributed by atoms with E-state index in [4.69, 9.17) is 9.47 Å². The van der Waals surface area contributed by atoms with Gasteiger partial charge in [-0.05, 0) is 19.1 Å². The summed E-state index contributed by atoms with van der Waals surface area (Å²) in [5.74, 6) is -1.81. The highest BCUT2D eigenvalue weighted by Crippen LogP contribution is 2.15. The Bertz CT molecular complexity index is 517. The summed E-state index contributed by atoms with van der Waals surface area (Å²) in [4.78, 5) is 37.9. The molecule has 0 aliphatic heterocycles. The number of hydrogen-bond donors (Lipinski definition) is 1. The van der Waals surface area contributed by atoms with Gasteiger partial charge in [0, 0.05) is 6.20 Å². The molecule has 8 nitrogen and oxygen atoms in total. The third kappa shape index (κ3) is 5.47. The van der Waals surface area contributed by atoms with Gasteiger partial charge in [0.1, 0.15) is 12.1 Å². The summed E-state index contributed by atoms with van der Waals surface area (Å²) in [6, 6.07) is 3.03. The maximum Gasteiger partial charge on any atom is 0.344 e. The van der Waals surface area contributed by atoms with Crippen molar-refractivity contribution in [2.45, 2.75) is 6.92 Å².